The van der Waals surface area contributed by atoms with Gasteiger partial charge in [0, 0.05) is 37.1 Å². The van der Waals surface area contributed by atoms with Crippen molar-refractivity contribution >= 4 is 28.6 Å². The van der Waals surface area contributed by atoms with Crippen molar-refractivity contribution in [2.45, 2.75) is 6.54 Å². The summed E-state index contributed by atoms with van der Waals surface area (Å²) in [5.41, 5.74) is 1.85. The van der Waals surface area contributed by atoms with E-state index in [1.165, 1.54) is 4.88 Å². The molecule has 3 heterocycles. The van der Waals surface area contributed by atoms with Crippen molar-refractivity contribution in [3.05, 3.63) is 63.8 Å². The van der Waals surface area contributed by atoms with Crippen molar-refractivity contribution in [1.29, 1.82) is 0 Å². The molecule has 6 heteroatoms. The molecule has 0 saturated carbocycles. The fourth-order valence-electron chi connectivity index (χ4n) is 2.98. The molecule has 1 amide bonds. The molecule has 2 aromatic heterocycles. The fraction of sp³-hybridized carbons (Fsp3) is 0.263. The molecule has 0 bridgehead atoms. The summed E-state index contributed by atoms with van der Waals surface area (Å²) < 4.78 is 0. The first-order chi connectivity index (χ1) is 12.3. The maximum atomic E-state index is 12.5. The van der Waals surface area contributed by atoms with Crippen LogP contribution in [0.1, 0.15) is 15.4 Å². The largest absolute Gasteiger partial charge is 0.336 e. The number of nitrogens with zero attached hydrogens (tertiary/aromatic N) is 3. The highest BCUT2D eigenvalue weighted by atomic mass is 32.1. The lowest BCUT2D eigenvalue weighted by molar-refractivity contribution is 0.0628. The molecule has 4 rings (SSSR count). The van der Waals surface area contributed by atoms with Crippen LogP contribution in [0.2, 0.25) is 0 Å². The van der Waals surface area contributed by atoms with Gasteiger partial charge in [-0.15, -0.1) is 22.7 Å². The Kier molecular flexibility index (Phi) is 4.92. The monoisotopic (exact) mass is 369 g/mol. The van der Waals surface area contributed by atoms with E-state index in [-0.39, 0.29) is 5.91 Å². The van der Waals surface area contributed by atoms with Crippen molar-refractivity contribution in [3.8, 4) is 10.6 Å². The zero-order valence-corrected chi connectivity index (χ0v) is 15.4. The molecule has 0 spiro atoms. The Morgan fingerprint density at radius 3 is 2.52 bits per heavy atom. The molecule has 128 valence electrons. The van der Waals surface area contributed by atoms with Crippen LogP contribution >= 0.6 is 22.7 Å². The van der Waals surface area contributed by atoms with Gasteiger partial charge >= 0.3 is 0 Å². The first kappa shape index (κ1) is 16.4. The molecule has 1 saturated heterocycles. The summed E-state index contributed by atoms with van der Waals surface area (Å²) in [4.78, 5) is 22.8. The number of hydrogen-bond acceptors (Lipinski definition) is 5. The van der Waals surface area contributed by atoms with Gasteiger partial charge in [0.15, 0.2) is 0 Å². The molecule has 0 atom stereocenters. The van der Waals surface area contributed by atoms with Crippen LogP contribution in [0.25, 0.3) is 10.6 Å². The van der Waals surface area contributed by atoms with Crippen LogP contribution in [0.4, 0.5) is 0 Å². The van der Waals surface area contributed by atoms with E-state index in [0.29, 0.717) is 0 Å². The molecule has 3 aromatic rings. The van der Waals surface area contributed by atoms with E-state index in [4.69, 9.17) is 4.98 Å². The minimum atomic E-state index is 0.134. The van der Waals surface area contributed by atoms with E-state index in [1.807, 2.05) is 35.2 Å². The number of carbonyl (C=O) groups is 1. The molecule has 1 fully saturated rings. The number of rotatable bonds is 4. The Morgan fingerprint density at radius 1 is 1.00 bits per heavy atom. The van der Waals surface area contributed by atoms with Crippen molar-refractivity contribution in [2.75, 3.05) is 26.2 Å². The molecule has 1 aliphatic rings. The predicted molar refractivity (Wildman–Crippen MR) is 103 cm³/mol. The minimum Gasteiger partial charge on any atom is -0.336 e. The predicted octanol–water partition coefficient (Wildman–Crippen LogP) is 3.83. The molecule has 0 unspecified atom stereocenters. The van der Waals surface area contributed by atoms with E-state index in [1.54, 1.807) is 22.7 Å². The van der Waals surface area contributed by atoms with Gasteiger partial charge in [0.1, 0.15) is 5.01 Å². The molecule has 1 aliphatic heterocycles. The highest BCUT2D eigenvalue weighted by molar-refractivity contribution is 7.14. The van der Waals surface area contributed by atoms with Gasteiger partial charge in [0.2, 0.25) is 0 Å². The summed E-state index contributed by atoms with van der Waals surface area (Å²) in [6.07, 6.45) is 0. The van der Waals surface area contributed by atoms with E-state index in [0.717, 1.165) is 49.0 Å². The van der Waals surface area contributed by atoms with Crippen LogP contribution in [-0.2, 0) is 6.54 Å². The normalized spacial score (nSPS) is 15.4. The summed E-state index contributed by atoms with van der Waals surface area (Å²) in [6, 6.07) is 13.7. The summed E-state index contributed by atoms with van der Waals surface area (Å²) in [7, 11) is 0. The molecular formula is C19H19N3OS2. The van der Waals surface area contributed by atoms with Gasteiger partial charge in [0.05, 0.1) is 17.1 Å². The topological polar surface area (TPSA) is 36.4 Å². The number of amides is 1. The van der Waals surface area contributed by atoms with Gasteiger partial charge in [-0.2, -0.15) is 0 Å². The van der Waals surface area contributed by atoms with Crippen LogP contribution in [0.5, 0.6) is 0 Å². The second-order valence-electron chi connectivity index (χ2n) is 6.04. The maximum Gasteiger partial charge on any atom is 0.253 e. The van der Waals surface area contributed by atoms with Crippen molar-refractivity contribution < 1.29 is 4.79 Å². The third kappa shape index (κ3) is 3.81. The summed E-state index contributed by atoms with van der Waals surface area (Å²) in [5.74, 6) is 0.134. The smallest absolute Gasteiger partial charge is 0.253 e. The van der Waals surface area contributed by atoms with E-state index in [9.17, 15) is 4.79 Å². The van der Waals surface area contributed by atoms with E-state index < -0.39 is 0 Å². The van der Waals surface area contributed by atoms with Crippen molar-refractivity contribution in [2.24, 2.45) is 0 Å². The Morgan fingerprint density at radius 2 is 1.80 bits per heavy atom. The van der Waals surface area contributed by atoms with E-state index >= 15 is 0 Å². The Hall–Kier alpha value is -2.02. The number of hydrogen-bond donors (Lipinski definition) is 0. The standard InChI is InChI=1S/C19H19N3OS2/c23-19(15-5-2-1-3-6-15)22-10-8-21(9-11-22)13-18-20-16(14-25-18)17-7-4-12-24-17/h1-7,12,14H,8-11,13H2. The molecule has 4 nitrogen and oxygen atoms in total. The Balaban J connectivity index is 1.33. The van der Waals surface area contributed by atoms with Crippen LogP contribution < -0.4 is 0 Å². The van der Waals surface area contributed by atoms with Crippen LogP contribution in [0, 0.1) is 0 Å². The van der Waals surface area contributed by atoms with Gasteiger partial charge in [-0.05, 0) is 23.6 Å². The van der Waals surface area contributed by atoms with Crippen molar-refractivity contribution in [3.63, 3.8) is 0 Å². The fourth-order valence-corrected chi connectivity index (χ4v) is 4.58. The highest BCUT2D eigenvalue weighted by Gasteiger charge is 2.22. The van der Waals surface area contributed by atoms with Gasteiger partial charge < -0.3 is 4.90 Å². The maximum absolute atomic E-state index is 12.5. The third-order valence-electron chi connectivity index (χ3n) is 4.36. The lowest BCUT2D eigenvalue weighted by atomic mass is 10.2. The highest BCUT2D eigenvalue weighted by Crippen LogP contribution is 2.26. The first-order valence-corrected chi connectivity index (χ1v) is 10.1. The quantitative estimate of drug-likeness (QED) is 0.701. The Bertz CT molecular complexity index is 821. The number of thiophene rings is 1. The number of thiazole rings is 1. The first-order valence-electron chi connectivity index (χ1n) is 8.34. The Labute approximate surface area is 155 Å². The van der Waals surface area contributed by atoms with Gasteiger partial charge in [-0.25, -0.2) is 4.98 Å². The number of carbonyl (C=O) groups excluding carboxylic acids is 1. The van der Waals surface area contributed by atoms with Crippen LogP contribution in [0.3, 0.4) is 0 Å². The van der Waals surface area contributed by atoms with E-state index in [2.05, 4.69) is 27.8 Å². The van der Waals surface area contributed by atoms with Crippen molar-refractivity contribution in [1.82, 2.24) is 14.8 Å². The minimum absolute atomic E-state index is 0.134. The number of piperazine rings is 1. The van der Waals surface area contributed by atoms with Crippen LogP contribution in [0.15, 0.2) is 53.2 Å². The summed E-state index contributed by atoms with van der Waals surface area (Å²) in [6.45, 7) is 4.20. The SMILES string of the molecule is O=C(c1ccccc1)N1CCN(Cc2nc(-c3cccs3)cs2)CC1. The molecule has 0 aliphatic carbocycles. The lowest BCUT2D eigenvalue weighted by Gasteiger charge is -2.34. The summed E-state index contributed by atoms with van der Waals surface area (Å²) >= 11 is 3.44. The number of aromatic nitrogens is 1. The average Bonchev–Trinajstić information content (AvgIpc) is 3.34. The zero-order chi connectivity index (χ0) is 17.1. The molecule has 0 radical (unpaired) electrons. The summed E-state index contributed by atoms with van der Waals surface area (Å²) in [5, 5.41) is 5.36. The van der Waals surface area contributed by atoms with Gasteiger partial charge in [-0.3, -0.25) is 9.69 Å². The number of benzene rings is 1. The second-order valence-corrected chi connectivity index (χ2v) is 7.93. The van der Waals surface area contributed by atoms with Crippen LogP contribution in [-0.4, -0.2) is 46.9 Å². The molecular weight excluding hydrogens is 350 g/mol. The lowest BCUT2D eigenvalue weighted by Crippen LogP contribution is -2.48. The van der Waals surface area contributed by atoms with Gasteiger partial charge in [-0.1, -0.05) is 24.3 Å². The van der Waals surface area contributed by atoms with Gasteiger partial charge in [0.25, 0.3) is 5.91 Å². The zero-order valence-electron chi connectivity index (χ0n) is 13.8. The molecule has 1 aromatic carbocycles. The second kappa shape index (κ2) is 7.47. The molecule has 0 N–H and O–H groups in total. The third-order valence-corrected chi connectivity index (χ3v) is 6.09. The molecule has 25 heavy (non-hydrogen) atoms. The average molecular weight is 370 g/mol.